The van der Waals surface area contributed by atoms with E-state index in [9.17, 15) is 0 Å². The Kier molecular flexibility index (Phi) is 9.36. The summed E-state index contributed by atoms with van der Waals surface area (Å²) in [6.07, 6.45) is 7.84. The number of nitrogens with zero attached hydrogens (tertiary/aromatic N) is 4. The molecule has 0 atom stereocenters. The van der Waals surface area contributed by atoms with Crippen LogP contribution in [0, 0.1) is 41.5 Å². The first kappa shape index (κ1) is 33.0. The van der Waals surface area contributed by atoms with Crippen LogP contribution in [-0.4, -0.2) is 19.6 Å². The molecule has 2 aromatic heterocycles. The van der Waals surface area contributed by atoms with Crippen LogP contribution in [0.15, 0.2) is 122 Å². The predicted molar refractivity (Wildman–Crippen MR) is 208 cm³/mol. The molecule has 50 heavy (non-hydrogen) atoms. The molecule has 7 aromatic rings. The third-order valence-corrected chi connectivity index (χ3v) is 9.91. The van der Waals surface area contributed by atoms with E-state index < -0.39 is 0 Å². The minimum Gasteiger partial charge on any atom is -0.233 e. The van der Waals surface area contributed by atoms with E-state index in [0.717, 1.165) is 48.4 Å². The van der Waals surface area contributed by atoms with E-state index in [0.29, 0.717) is 0 Å². The van der Waals surface area contributed by atoms with Gasteiger partial charge in [-0.05, 0) is 148 Å². The van der Waals surface area contributed by atoms with Gasteiger partial charge in [-0.15, -0.1) is 0 Å². The Bertz CT molecular complexity index is 2060. The predicted octanol–water partition coefficient (Wildman–Crippen LogP) is 10.8. The van der Waals surface area contributed by atoms with Crippen molar-refractivity contribution in [2.75, 3.05) is 0 Å². The highest BCUT2D eigenvalue weighted by atomic mass is 15.3. The second-order valence-corrected chi connectivity index (χ2v) is 14.0. The van der Waals surface area contributed by atoms with E-state index in [2.05, 4.69) is 160 Å². The van der Waals surface area contributed by atoms with E-state index in [4.69, 9.17) is 10.2 Å². The summed E-state index contributed by atoms with van der Waals surface area (Å²) in [5.41, 5.74) is 20.1. The van der Waals surface area contributed by atoms with Gasteiger partial charge in [0.05, 0.1) is 35.2 Å². The van der Waals surface area contributed by atoms with Gasteiger partial charge in [0.15, 0.2) is 0 Å². The summed E-state index contributed by atoms with van der Waals surface area (Å²) in [5, 5.41) is 9.38. The highest BCUT2D eigenvalue weighted by Gasteiger charge is 2.15. The molecule has 4 nitrogen and oxygen atoms in total. The standard InChI is InChI=1S/C46H46N4/c1-31-26-33(3)45(34(4)27-31)43-22-24-47-49(43)41-18-14-37(15-19-41)10-12-39-8-7-9-40(30-39)13-11-38-16-20-42(21-17-38)50-44(23-25-48-50)46-35(5)28-32(2)29-36(46)6/h7-9,14-30H,10-13H2,1-6H3. The highest BCUT2D eigenvalue weighted by molar-refractivity contribution is 5.71. The quantitative estimate of drug-likeness (QED) is 0.147. The molecule has 0 amide bonds. The van der Waals surface area contributed by atoms with Gasteiger partial charge in [-0.3, -0.25) is 0 Å². The van der Waals surface area contributed by atoms with Crippen molar-refractivity contribution < 1.29 is 0 Å². The summed E-state index contributed by atoms with van der Waals surface area (Å²) in [5.74, 6) is 0. The van der Waals surface area contributed by atoms with Crippen LogP contribution in [-0.2, 0) is 25.7 Å². The molecule has 0 saturated heterocycles. The summed E-state index contributed by atoms with van der Waals surface area (Å²) in [6, 6.07) is 40.1. The average molecular weight is 655 g/mol. The maximum atomic E-state index is 4.69. The van der Waals surface area contributed by atoms with Crippen molar-refractivity contribution in [2.45, 2.75) is 67.2 Å². The minimum absolute atomic E-state index is 1.00. The fourth-order valence-electron chi connectivity index (χ4n) is 7.69. The first-order chi connectivity index (χ1) is 24.2. The fraction of sp³-hybridized carbons (Fsp3) is 0.217. The lowest BCUT2D eigenvalue weighted by atomic mass is 9.97. The first-order valence-electron chi connectivity index (χ1n) is 17.7. The normalized spacial score (nSPS) is 11.3. The van der Waals surface area contributed by atoms with E-state index >= 15 is 0 Å². The summed E-state index contributed by atoms with van der Waals surface area (Å²) in [7, 11) is 0. The summed E-state index contributed by atoms with van der Waals surface area (Å²) in [6.45, 7) is 13.1. The molecular formula is C46H46N4. The Labute approximate surface area is 297 Å². The van der Waals surface area contributed by atoms with Crippen LogP contribution in [0.4, 0.5) is 0 Å². The van der Waals surface area contributed by atoms with Crippen LogP contribution < -0.4 is 0 Å². The highest BCUT2D eigenvalue weighted by Crippen LogP contribution is 2.31. The molecule has 4 heteroatoms. The molecule has 250 valence electrons. The van der Waals surface area contributed by atoms with E-state index in [1.54, 1.807) is 0 Å². The van der Waals surface area contributed by atoms with E-state index in [1.807, 2.05) is 12.4 Å². The Hall–Kier alpha value is -5.48. The van der Waals surface area contributed by atoms with Crippen LogP contribution in [0.25, 0.3) is 33.9 Å². The van der Waals surface area contributed by atoms with Crippen molar-refractivity contribution in [2.24, 2.45) is 0 Å². The average Bonchev–Trinajstić information content (AvgIpc) is 3.77. The molecule has 7 rings (SSSR count). The smallest absolute Gasteiger partial charge is 0.0746 e. The van der Waals surface area contributed by atoms with Crippen LogP contribution in [0.5, 0.6) is 0 Å². The van der Waals surface area contributed by atoms with Crippen LogP contribution in [0.2, 0.25) is 0 Å². The summed E-state index contributed by atoms with van der Waals surface area (Å²) in [4.78, 5) is 0. The van der Waals surface area contributed by atoms with E-state index in [1.165, 1.54) is 66.8 Å². The molecule has 0 N–H and O–H groups in total. The monoisotopic (exact) mass is 654 g/mol. The van der Waals surface area contributed by atoms with Crippen LogP contribution in [0.1, 0.15) is 55.6 Å². The molecule has 2 heterocycles. The zero-order valence-corrected chi connectivity index (χ0v) is 30.2. The molecule has 0 saturated carbocycles. The van der Waals surface area contributed by atoms with Crippen molar-refractivity contribution in [3.8, 4) is 33.9 Å². The lowest BCUT2D eigenvalue weighted by Crippen LogP contribution is -2.02. The lowest BCUT2D eigenvalue weighted by molar-refractivity contribution is 0.880. The van der Waals surface area contributed by atoms with Crippen molar-refractivity contribution in [1.82, 2.24) is 19.6 Å². The van der Waals surface area contributed by atoms with Gasteiger partial charge in [0.2, 0.25) is 0 Å². The van der Waals surface area contributed by atoms with Gasteiger partial charge >= 0.3 is 0 Å². The molecule has 0 spiro atoms. The van der Waals surface area contributed by atoms with Crippen molar-refractivity contribution >= 4 is 0 Å². The Morgan fingerprint density at radius 2 is 0.760 bits per heavy atom. The molecule has 0 aliphatic heterocycles. The van der Waals surface area contributed by atoms with Gasteiger partial charge < -0.3 is 0 Å². The molecule has 0 aliphatic rings. The molecule has 0 aliphatic carbocycles. The van der Waals surface area contributed by atoms with Gasteiger partial charge in [-0.2, -0.15) is 10.2 Å². The molecule has 5 aromatic carbocycles. The Morgan fingerprint density at radius 1 is 0.400 bits per heavy atom. The molecule has 0 radical (unpaired) electrons. The molecule has 0 fully saturated rings. The minimum atomic E-state index is 1.00. The number of hydrogen-bond donors (Lipinski definition) is 0. The van der Waals surface area contributed by atoms with Gasteiger partial charge in [-0.25, -0.2) is 9.36 Å². The molecular weight excluding hydrogens is 609 g/mol. The molecule has 0 bridgehead atoms. The second-order valence-electron chi connectivity index (χ2n) is 14.0. The van der Waals surface area contributed by atoms with Gasteiger partial charge in [0.25, 0.3) is 0 Å². The summed E-state index contributed by atoms with van der Waals surface area (Å²) >= 11 is 0. The number of hydrogen-bond acceptors (Lipinski definition) is 2. The third kappa shape index (κ3) is 6.97. The maximum absolute atomic E-state index is 4.69. The van der Waals surface area contributed by atoms with Gasteiger partial charge in [0, 0.05) is 11.1 Å². The topological polar surface area (TPSA) is 35.6 Å². The van der Waals surface area contributed by atoms with Crippen LogP contribution >= 0.6 is 0 Å². The summed E-state index contributed by atoms with van der Waals surface area (Å²) < 4.78 is 4.13. The number of aromatic nitrogens is 4. The number of benzene rings is 5. The lowest BCUT2D eigenvalue weighted by Gasteiger charge is -2.14. The number of rotatable bonds is 10. The number of aryl methyl sites for hydroxylation is 10. The Balaban J connectivity index is 0.973. The van der Waals surface area contributed by atoms with Gasteiger partial charge in [0.1, 0.15) is 0 Å². The zero-order valence-electron chi connectivity index (χ0n) is 30.2. The second kappa shape index (κ2) is 14.2. The van der Waals surface area contributed by atoms with Crippen molar-refractivity contribution in [1.29, 1.82) is 0 Å². The van der Waals surface area contributed by atoms with Crippen molar-refractivity contribution in [3.05, 3.63) is 177 Å². The SMILES string of the molecule is Cc1cc(C)c(-c2ccnn2-c2ccc(CCc3cccc(CCc4ccc(-n5nccc5-c5c(C)cc(C)cc5C)cc4)c3)cc2)c(C)c1. The first-order valence-corrected chi connectivity index (χ1v) is 17.7. The maximum Gasteiger partial charge on any atom is 0.0746 e. The third-order valence-electron chi connectivity index (χ3n) is 9.91. The van der Waals surface area contributed by atoms with E-state index in [-0.39, 0.29) is 0 Å². The molecule has 0 unspecified atom stereocenters. The largest absolute Gasteiger partial charge is 0.233 e. The fourth-order valence-corrected chi connectivity index (χ4v) is 7.69. The van der Waals surface area contributed by atoms with Crippen molar-refractivity contribution in [3.63, 3.8) is 0 Å². The zero-order chi connectivity index (χ0) is 34.8. The van der Waals surface area contributed by atoms with Gasteiger partial charge in [-0.1, -0.05) is 83.9 Å². The van der Waals surface area contributed by atoms with Crippen LogP contribution in [0.3, 0.4) is 0 Å². The Morgan fingerprint density at radius 3 is 1.14 bits per heavy atom.